The van der Waals surface area contributed by atoms with Crippen LogP contribution in [0.4, 0.5) is 9.18 Å². The van der Waals surface area contributed by atoms with E-state index in [2.05, 4.69) is 20.5 Å². The second kappa shape index (κ2) is 18.8. The van der Waals surface area contributed by atoms with Crippen molar-refractivity contribution >= 4 is 23.0 Å². The summed E-state index contributed by atoms with van der Waals surface area (Å²) in [5, 5.41) is 27.6. The molecule has 13 heteroatoms. The van der Waals surface area contributed by atoms with Gasteiger partial charge in [0.1, 0.15) is 36.6 Å². The monoisotopic (exact) mass is 826 g/mol. The minimum absolute atomic E-state index is 0.0977. The number of amides is 1. The van der Waals surface area contributed by atoms with Gasteiger partial charge in [-0.3, -0.25) is 9.69 Å². The molecule has 6 aromatic rings. The highest BCUT2D eigenvalue weighted by molar-refractivity contribution is 5.89. The first-order chi connectivity index (χ1) is 29.7. The van der Waals surface area contributed by atoms with E-state index in [1.807, 2.05) is 54.6 Å². The molecule has 9 rings (SSSR count). The average molecular weight is 827 g/mol. The molecule has 3 atom stereocenters. The van der Waals surface area contributed by atoms with Crippen LogP contribution in [0.2, 0.25) is 0 Å². The third-order valence-corrected chi connectivity index (χ3v) is 11.4. The zero-order valence-electron chi connectivity index (χ0n) is 33.4. The summed E-state index contributed by atoms with van der Waals surface area (Å²) < 4.78 is 32.6. The highest BCUT2D eigenvalue weighted by Crippen LogP contribution is 2.32. The lowest BCUT2D eigenvalue weighted by Gasteiger charge is -2.43. The van der Waals surface area contributed by atoms with Crippen LogP contribution >= 0.6 is 0 Å². The van der Waals surface area contributed by atoms with E-state index in [1.54, 1.807) is 48.5 Å². The Morgan fingerprint density at radius 1 is 0.852 bits per heavy atom. The third-order valence-electron chi connectivity index (χ3n) is 11.4. The van der Waals surface area contributed by atoms with Crippen LogP contribution in [-0.4, -0.2) is 64.4 Å². The number of aromatic nitrogens is 1. The van der Waals surface area contributed by atoms with E-state index < -0.39 is 30.0 Å². The summed E-state index contributed by atoms with van der Waals surface area (Å²) in [5.74, 6) is -0.221. The van der Waals surface area contributed by atoms with E-state index >= 15 is 4.39 Å². The number of carbonyl (C=O) groups excluding carboxylic acids is 2. The Morgan fingerprint density at radius 2 is 1.62 bits per heavy atom. The molecule has 0 saturated carbocycles. The summed E-state index contributed by atoms with van der Waals surface area (Å²) in [6.45, 7) is 3.26. The number of carbonyl (C=O) groups is 2. The molecule has 3 aliphatic rings. The van der Waals surface area contributed by atoms with Crippen molar-refractivity contribution in [3.63, 3.8) is 0 Å². The highest BCUT2D eigenvalue weighted by Gasteiger charge is 2.37. The molecule has 4 heterocycles. The fraction of sp³-hybridized carbons (Fsp3) is 0.271. The Hall–Kier alpha value is -6.54. The molecule has 1 amide bonds. The summed E-state index contributed by atoms with van der Waals surface area (Å²) in [4.78, 5) is 42.7. The van der Waals surface area contributed by atoms with Crippen LogP contribution in [-0.2, 0) is 29.2 Å². The molecule has 3 aliphatic heterocycles. The average Bonchev–Trinajstić information content (AvgIpc) is 3.28. The van der Waals surface area contributed by atoms with Gasteiger partial charge in [-0.1, -0.05) is 72.8 Å². The molecular weight excluding hydrogens is 780 g/mol. The number of nitrogens with one attached hydrogen (secondary N) is 3. The minimum Gasteiger partial charge on any atom is -0.506 e. The van der Waals surface area contributed by atoms with Gasteiger partial charge in [0, 0.05) is 36.7 Å². The van der Waals surface area contributed by atoms with Crippen LogP contribution in [0.1, 0.15) is 68.7 Å². The molecule has 2 bridgehead atoms. The van der Waals surface area contributed by atoms with Gasteiger partial charge in [0.05, 0.1) is 23.2 Å². The van der Waals surface area contributed by atoms with Gasteiger partial charge in [0.25, 0.3) is 0 Å². The van der Waals surface area contributed by atoms with Crippen molar-refractivity contribution < 1.29 is 38.4 Å². The van der Waals surface area contributed by atoms with Crippen molar-refractivity contribution in [3.8, 4) is 11.5 Å². The molecule has 5 aromatic carbocycles. The Bertz CT molecular complexity index is 2540. The Balaban J connectivity index is 0.813. The summed E-state index contributed by atoms with van der Waals surface area (Å²) in [5.41, 5.74) is 4.10. The number of pyridine rings is 1. The number of esters is 1. The smallest absolute Gasteiger partial charge is 0.408 e. The van der Waals surface area contributed by atoms with E-state index in [1.165, 1.54) is 18.2 Å². The molecule has 1 unspecified atom stereocenters. The van der Waals surface area contributed by atoms with Gasteiger partial charge in [0.15, 0.2) is 0 Å². The number of aromatic amines is 1. The molecular formula is C48H47FN4O8. The number of aromatic hydroxyl groups is 1. The molecule has 5 N–H and O–H groups in total. The van der Waals surface area contributed by atoms with Gasteiger partial charge in [-0.15, -0.1) is 0 Å². The number of fused-ring (bicyclic) bond motifs is 4. The van der Waals surface area contributed by atoms with Crippen LogP contribution in [0.25, 0.3) is 10.9 Å². The first-order valence-electron chi connectivity index (χ1n) is 20.4. The number of aliphatic hydroxyl groups excluding tert-OH is 1. The molecule has 1 aromatic heterocycles. The van der Waals surface area contributed by atoms with E-state index in [0.29, 0.717) is 33.7 Å². The lowest BCUT2D eigenvalue weighted by atomic mass is 9.86. The standard InChI is InChI=1S/C48H47FN4O8/c49-40-23-31(25-50-26-42(55)38-15-17-41(54)46-39(38)16-18-44(56)51-46)11-14-36(40)29-60-47(57)34-12-9-30(10-13-34)28-59-37-8-4-7-35(24-37)45(33-5-2-1-3-6-33)52-48(58)61-43-27-53-21-19-32(43)20-22-53/h1-18,23-24,32,42-43,45,50,54-55H,19-22,25-29H2,(H,51,56)(H,52,58)/t42-,43+,45?/m1/s1. The van der Waals surface area contributed by atoms with E-state index in [-0.39, 0.29) is 54.8 Å². The number of phenols is 1. The molecule has 0 spiro atoms. The minimum atomic E-state index is -0.961. The molecule has 3 saturated heterocycles. The summed E-state index contributed by atoms with van der Waals surface area (Å²) >= 11 is 0. The number of ether oxygens (including phenoxy) is 3. The van der Waals surface area contributed by atoms with Gasteiger partial charge >= 0.3 is 12.1 Å². The van der Waals surface area contributed by atoms with E-state index in [9.17, 15) is 24.6 Å². The molecule has 0 aliphatic carbocycles. The largest absolute Gasteiger partial charge is 0.506 e. The number of phenolic OH excluding ortho intramolecular Hbond substituents is 1. The number of hydrogen-bond donors (Lipinski definition) is 5. The number of piperidine rings is 3. The fourth-order valence-electron chi connectivity index (χ4n) is 8.08. The van der Waals surface area contributed by atoms with Crippen LogP contribution < -0.4 is 20.9 Å². The van der Waals surface area contributed by atoms with Gasteiger partial charge in [-0.25, -0.2) is 14.0 Å². The lowest BCUT2D eigenvalue weighted by molar-refractivity contribution is -0.0336. The lowest BCUT2D eigenvalue weighted by Crippen LogP contribution is -2.52. The fourth-order valence-corrected chi connectivity index (χ4v) is 8.08. The quantitative estimate of drug-likeness (QED) is 0.0679. The molecule has 314 valence electrons. The zero-order valence-corrected chi connectivity index (χ0v) is 33.4. The van der Waals surface area contributed by atoms with Gasteiger partial charge in [-0.2, -0.15) is 0 Å². The van der Waals surface area contributed by atoms with E-state index in [0.717, 1.165) is 49.2 Å². The maximum absolute atomic E-state index is 15.0. The predicted octanol–water partition coefficient (Wildman–Crippen LogP) is 7.04. The maximum Gasteiger partial charge on any atom is 0.408 e. The van der Waals surface area contributed by atoms with Gasteiger partial charge < -0.3 is 40.0 Å². The van der Waals surface area contributed by atoms with Crippen molar-refractivity contribution in [1.29, 1.82) is 0 Å². The molecule has 61 heavy (non-hydrogen) atoms. The molecule has 0 radical (unpaired) electrons. The van der Waals surface area contributed by atoms with Crippen molar-refractivity contribution in [2.24, 2.45) is 5.92 Å². The number of hydrogen-bond acceptors (Lipinski definition) is 10. The Kier molecular flexibility index (Phi) is 12.7. The normalized spacial score (nSPS) is 18.0. The number of alkyl carbamates (subject to hydrolysis) is 1. The summed E-state index contributed by atoms with van der Waals surface area (Å²) in [6, 6.07) is 34.1. The van der Waals surface area contributed by atoms with Crippen molar-refractivity contribution in [2.75, 3.05) is 26.2 Å². The van der Waals surface area contributed by atoms with E-state index in [4.69, 9.17) is 14.2 Å². The van der Waals surface area contributed by atoms with Crippen molar-refractivity contribution in [3.05, 3.63) is 176 Å². The Morgan fingerprint density at radius 3 is 2.38 bits per heavy atom. The summed E-state index contributed by atoms with van der Waals surface area (Å²) in [6.07, 6.45) is 0.592. The maximum atomic E-state index is 15.0. The number of aliphatic hydroxyl groups is 1. The number of rotatable bonds is 15. The first-order valence-corrected chi connectivity index (χ1v) is 20.4. The zero-order chi connectivity index (χ0) is 42.3. The van der Waals surface area contributed by atoms with Crippen LogP contribution in [0.5, 0.6) is 11.5 Å². The van der Waals surface area contributed by atoms with Crippen LogP contribution in [0.15, 0.2) is 126 Å². The van der Waals surface area contributed by atoms with Crippen molar-refractivity contribution in [2.45, 2.75) is 50.8 Å². The number of nitrogens with zero attached hydrogens (tertiary/aromatic N) is 1. The van der Waals surface area contributed by atoms with Gasteiger partial charge in [0.2, 0.25) is 5.56 Å². The number of benzene rings is 5. The van der Waals surface area contributed by atoms with Crippen LogP contribution in [0.3, 0.4) is 0 Å². The second-order valence-corrected chi connectivity index (χ2v) is 15.6. The predicted molar refractivity (Wildman–Crippen MR) is 226 cm³/mol. The SMILES string of the molecule is O=C(NC(c1ccccc1)c1cccc(OCc2ccc(C(=O)OCc3ccc(CNC[C@@H](O)c4ccc(O)c5[nH]c(=O)ccc45)cc3F)cc2)c1)O[C@H]1CN2CCC1CC2. The van der Waals surface area contributed by atoms with Crippen molar-refractivity contribution in [1.82, 2.24) is 20.5 Å². The van der Waals surface area contributed by atoms with Crippen LogP contribution in [0, 0.1) is 11.7 Å². The van der Waals surface area contributed by atoms with Gasteiger partial charge in [-0.05, 0) is 102 Å². The topological polar surface area (TPSA) is 162 Å². The first kappa shape index (κ1) is 41.2. The number of H-pyrrole nitrogens is 1. The Labute approximate surface area is 351 Å². The molecule has 3 fully saturated rings. The molecule has 12 nitrogen and oxygen atoms in total. The highest BCUT2D eigenvalue weighted by atomic mass is 19.1. The second-order valence-electron chi connectivity index (χ2n) is 15.6. The summed E-state index contributed by atoms with van der Waals surface area (Å²) in [7, 11) is 0. The number of halogens is 1. The third kappa shape index (κ3) is 10.1.